The SMILES string of the molecule is C[C@H]1[C@H](NC(=O)c2cc3cnccc3o2)C2CCN1CC2. The van der Waals surface area contributed by atoms with Crippen molar-refractivity contribution in [2.24, 2.45) is 5.92 Å². The Morgan fingerprint density at radius 1 is 1.43 bits per heavy atom. The maximum absolute atomic E-state index is 12.5. The number of hydrogen-bond acceptors (Lipinski definition) is 4. The van der Waals surface area contributed by atoms with Crippen LogP contribution < -0.4 is 5.32 Å². The minimum Gasteiger partial charge on any atom is -0.451 e. The molecule has 0 saturated carbocycles. The first kappa shape index (κ1) is 12.8. The van der Waals surface area contributed by atoms with Crippen molar-refractivity contribution in [2.75, 3.05) is 13.1 Å². The molecule has 3 fully saturated rings. The summed E-state index contributed by atoms with van der Waals surface area (Å²) in [5.74, 6) is 0.860. The maximum atomic E-state index is 12.5. The number of nitrogens with zero attached hydrogens (tertiary/aromatic N) is 2. The number of rotatable bonds is 2. The van der Waals surface area contributed by atoms with Crippen LogP contribution in [0.3, 0.4) is 0 Å². The van der Waals surface area contributed by atoms with Crippen molar-refractivity contribution in [3.05, 3.63) is 30.3 Å². The lowest BCUT2D eigenvalue weighted by atomic mass is 9.79. The van der Waals surface area contributed by atoms with E-state index in [2.05, 4.69) is 22.1 Å². The first-order chi connectivity index (χ1) is 10.2. The molecule has 3 aliphatic rings. The standard InChI is InChI=1S/C16H19N3O2/c1-10-15(11-3-6-19(10)7-4-11)18-16(20)14-8-12-9-17-5-2-13(12)21-14/h2,5,8-11,15H,3-4,6-7H2,1H3,(H,18,20)/t10-,15-/m0/s1. The van der Waals surface area contributed by atoms with E-state index in [0.29, 0.717) is 23.3 Å². The van der Waals surface area contributed by atoms with Crippen LogP contribution in [0, 0.1) is 5.92 Å². The predicted octanol–water partition coefficient (Wildman–Crippen LogP) is 2.04. The second kappa shape index (κ2) is 4.84. The van der Waals surface area contributed by atoms with Gasteiger partial charge in [-0.1, -0.05) is 0 Å². The molecule has 5 heteroatoms. The van der Waals surface area contributed by atoms with Gasteiger partial charge in [-0.25, -0.2) is 0 Å². The molecule has 1 amide bonds. The number of furan rings is 1. The number of carbonyl (C=O) groups excluding carboxylic acids is 1. The van der Waals surface area contributed by atoms with Crippen molar-refractivity contribution in [2.45, 2.75) is 31.8 Å². The Balaban J connectivity index is 1.55. The number of aromatic nitrogens is 1. The molecule has 0 aromatic carbocycles. The molecule has 2 atom stereocenters. The van der Waals surface area contributed by atoms with Gasteiger partial charge in [-0.2, -0.15) is 0 Å². The summed E-state index contributed by atoms with van der Waals surface area (Å²) in [7, 11) is 0. The first-order valence-corrected chi connectivity index (χ1v) is 7.61. The van der Waals surface area contributed by atoms with Crippen LogP contribution in [0.25, 0.3) is 11.0 Å². The van der Waals surface area contributed by atoms with E-state index in [1.165, 1.54) is 12.8 Å². The minimum atomic E-state index is -0.114. The summed E-state index contributed by atoms with van der Waals surface area (Å²) in [6, 6.07) is 4.19. The van der Waals surface area contributed by atoms with Crippen LogP contribution in [-0.2, 0) is 0 Å². The van der Waals surface area contributed by atoms with Crippen molar-refractivity contribution in [3.8, 4) is 0 Å². The molecule has 0 radical (unpaired) electrons. The molecular formula is C16H19N3O2. The van der Waals surface area contributed by atoms with E-state index < -0.39 is 0 Å². The molecule has 0 aliphatic carbocycles. The highest BCUT2D eigenvalue weighted by Gasteiger charge is 2.40. The molecule has 2 aromatic rings. The van der Waals surface area contributed by atoms with Crippen LogP contribution in [0.5, 0.6) is 0 Å². The molecule has 2 bridgehead atoms. The molecule has 3 aliphatic heterocycles. The Morgan fingerprint density at radius 3 is 2.95 bits per heavy atom. The van der Waals surface area contributed by atoms with Crippen LogP contribution in [0.4, 0.5) is 0 Å². The topological polar surface area (TPSA) is 58.4 Å². The molecule has 1 N–H and O–H groups in total. The van der Waals surface area contributed by atoms with Gasteiger partial charge in [0, 0.05) is 29.9 Å². The number of amides is 1. The van der Waals surface area contributed by atoms with Crippen molar-refractivity contribution >= 4 is 16.9 Å². The van der Waals surface area contributed by atoms with Crippen LogP contribution in [0.15, 0.2) is 28.9 Å². The fraction of sp³-hybridized carbons (Fsp3) is 0.500. The summed E-state index contributed by atoms with van der Waals surface area (Å²) < 4.78 is 5.62. The van der Waals surface area contributed by atoms with Gasteiger partial charge in [0.05, 0.1) is 0 Å². The molecule has 5 nitrogen and oxygen atoms in total. The summed E-state index contributed by atoms with van der Waals surface area (Å²) in [6.45, 7) is 4.53. The van der Waals surface area contributed by atoms with Gasteiger partial charge in [0.25, 0.3) is 5.91 Å². The van der Waals surface area contributed by atoms with Gasteiger partial charge >= 0.3 is 0 Å². The van der Waals surface area contributed by atoms with Crippen molar-refractivity contribution < 1.29 is 9.21 Å². The molecule has 2 aromatic heterocycles. The zero-order chi connectivity index (χ0) is 14.4. The van der Waals surface area contributed by atoms with Crippen molar-refractivity contribution in [1.29, 1.82) is 0 Å². The normalized spacial score (nSPS) is 31.5. The maximum Gasteiger partial charge on any atom is 0.287 e. The van der Waals surface area contributed by atoms with Gasteiger partial charge in [0.1, 0.15) is 5.58 Å². The van der Waals surface area contributed by atoms with Gasteiger partial charge in [-0.05, 0) is 50.9 Å². The summed E-state index contributed by atoms with van der Waals surface area (Å²) in [6.07, 6.45) is 5.74. The Kier molecular flexibility index (Phi) is 2.96. The molecule has 3 saturated heterocycles. The van der Waals surface area contributed by atoms with Gasteiger partial charge in [-0.15, -0.1) is 0 Å². The molecule has 110 valence electrons. The quantitative estimate of drug-likeness (QED) is 0.917. The Hall–Kier alpha value is -1.88. The monoisotopic (exact) mass is 285 g/mol. The lowest BCUT2D eigenvalue weighted by Crippen LogP contribution is -2.62. The zero-order valence-electron chi connectivity index (χ0n) is 12.1. The Morgan fingerprint density at radius 2 is 2.24 bits per heavy atom. The molecule has 21 heavy (non-hydrogen) atoms. The fourth-order valence-corrected chi connectivity index (χ4v) is 3.76. The average Bonchev–Trinajstić information content (AvgIpc) is 2.95. The Labute approximate surface area is 123 Å². The molecule has 0 spiro atoms. The van der Waals surface area contributed by atoms with Crippen LogP contribution in [-0.4, -0.2) is 41.0 Å². The predicted molar refractivity (Wildman–Crippen MR) is 79.0 cm³/mol. The van der Waals surface area contributed by atoms with Crippen LogP contribution >= 0.6 is 0 Å². The third-order valence-corrected chi connectivity index (χ3v) is 5.02. The number of pyridine rings is 1. The summed E-state index contributed by atoms with van der Waals surface area (Å²) >= 11 is 0. The van der Waals surface area contributed by atoms with E-state index >= 15 is 0 Å². The summed E-state index contributed by atoms with van der Waals surface area (Å²) in [4.78, 5) is 19.0. The van der Waals surface area contributed by atoms with Gasteiger partial charge in [0.2, 0.25) is 0 Å². The second-order valence-corrected chi connectivity index (χ2v) is 6.14. The van der Waals surface area contributed by atoms with Crippen LogP contribution in [0.1, 0.15) is 30.3 Å². The highest BCUT2D eigenvalue weighted by molar-refractivity contribution is 5.96. The number of piperidine rings is 3. The molecule has 5 rings (SSSR count). The number of fused-ring (bicyclic) bond motifs is 4. The van der Waals surface area contributed by atoms with Gasteiger partial charge in [0.15, 0.2) is 5.76 Å². The lowest BCUT2D eigenvalue weighted by molar-refractivity contribution is 0.0212. The number of carbonyl (C=O) groups is 1. The third kappa shape index (κ3) is 2.12. The van der Waals surface area contributed by atoms with Gasteiger partial charge in [-0.3, -0.25) is 14.7 Å². The third-order valence-electron chi connectivity index (χ3n) is 5.02. The summed E-state index contributed by atoms with van der Waals surface area (Å²) in [5.41, 5.74) is 0.706. The Bertz CT molecular complexity index is 638. The van der Waals surface area contributed by atoms with E-state index in [0.717, 1.165) is 18.5 Å². The van der Waals surface area contributed by atoms with Crippen molar-refractivity contribution in [3.63, 3.8) is 0 Å². The fourth-order valence-electron chi connectivity index (χ4n) is 3.76. The smallest absolute Gasteiger partial charge is 0.287 e. The van der Waals surface area contributed by atoms with E-state index in [-0.39, 0.29) is 11.9 Å². The average molecular weight is 285 g/mol. The molecular weight excluding hydrogens is 266 g/mol. The van der Waals surface area contributed by atoms with E-state index in [1.807, 2.05) is 0 Å². The van der Waals surface area contributed by atoms with E-state index in [9.17, 15) is 4.79 Å². The van der Waals surface area contributed by atoms with E-state index in [1.54, 1.807) is 24.5 Å². The second-order valence-electron chi connectivity index (χ2n) is 6.14. The largest absolute Gasteiger partial charge is 0.451 e. The van der Waals surface area contributed by atoms with E-state index in [4.69, 9.17) is 4.42 Å². The van der Waals surface area contributed by atoms with Gasteiger partial charge < -0.3 is 9.73 Å². The minimum absolute atomic E-state index is 0.114. The van der Waals surface area contributed by atoms with Crippen molar-refractivity contribution in [1.82, 2.24) is 15.2 Å². The first-order valence-electron chi connectivity index (χ1n) is 7.61. The highest BCUT2D eigenvalue weighted by atomic mass is 16.3. The lowest BCUT2D eigenvalue weighted by Gasteiger charge is -2.49. The number of nitrogens with one attached hydrogen (secondary N) is 1. The number of hydrogen-bond donors (Lipinski definition) is 1. The zero-order valence-corrected chi connectivity index (χ0v) is 12.1. The highest BCUT2D eigenvalue weighted by Crippen LogP contribution is 2.32. The van der Waals surface area contributed by atoms with Crippen LogP contribution in [0.2, 0.25) is 0 Å². The molecule has 0 unspecified atom stereocenters. The molecule has 5 heterocycles. The summed E-state index contributed by atoms with van der Waals surface area (Å²) in [5, 5.41) is 4.05.